The van der Waals surface area contributed by atoms with Gasteiger partial charge in [-0.25, -0.2) is 15.2 Å². The molecule has 0 atom stereocenters. The molecule has 1 heterocycles. The molecule has 0 amide bonds. The van der Waals surface area contributed by atoms with Gasteiger partial charge in [0, 0.05) is 4.90 Å². The first-order valence-electron chi connectivity index (χ1n) is 4.86. The van der Waals surface area contributed by atoms with E-state index in [0.717, 1.165) is 0 Å². The Morgan fingerprint density at radius 2 is 2.00 bits per heavy atom. The van der Waals surface area contributed by atoms with Crippen molar-refractivity contribution in [3.63, 3.8) is 0 Å². The van der Waals surface area contributed by atoms with E-state index in [4.69, 9.17) is 29.0 Å². The Bertz CT molecular complexity index is 580. The maximum absolute atomic E-state index is 13.1. The monoisotopic (exact) mass is 303 g/mol. The number of halogens is 3. The smallest absolute Gasteiger partial charge is 0.160 e. The van der Waals surface area contributed by atoms with Crippen molar-refractivity contribution in [1.82, 2.24) is 4.98 Å². The van der Waals surface area contributed by atoms with Gasteiger partial charge < -0.3 is 5.43 Å². The largest absolute Gasteiger partial charge is 0.307 e. The lowest BCUT2D eigenvalue weighted by atomic mass is 10.4. The zero-order valence-electron chi connectivity index (χ0n) is 8.95. The van der Waals surface area contributed by atoms with Crippen LogP contribution in [0.15, 0.2) is 40.3 Å². The number of hydrogen-bond acceptors (Lipinski definition) is 4. The molecule has 1 aromatic heterocycles. The zero-order chi connectivity index (χ0) is 13.1. The molecule has 3 N–H and O–H groups in total. The molecule has 2 aromatic rings. The molecular formula is C11H8Cl2FN3S. The van der Waals surface area contributed by atoms with Gasteiger partial charge in [0.05, 0.1) is 10.0 Å². The molecule has 18 heavy (non-hydrogen) atoms. The topological polar surface area (TPSA) is 50.9 Å². The Morgan fingerprint density at radius 1 is 1.22 bits per heavy atom. The highest BCUT2D eigenvalue weighted by molar-refractivity contribution is 7.99. The first-order valence-corrected chi connectivity index (χ1v) is 6.43. The highest BCUT2D eigenvalue weighted by Gasteiger charge is 2.10. The minimum atomic E-state index is -0.317. The van der Waals surface area contributed by atoms with Gasteiger partial charge in [0.2, 0.25) is 0 Å². The fraction of sp³-hybridized carbons (Fsp3) is 0. The number of anilines is 1. The van der Waals surface area contributed by atoms with Crippen LogP contribution in [0.5, 0.6) is 0 Å². The van der Waals surface area contributed by atoms with Gasteiger partial charge in [-0.3, -0.25) is 0 Å². The number of hydrazine groups is 1. The second-order valence-corrected chi connectivity index (χ2v) is 5.19. The summed E-state index contributed by atoms with van der Waals surface area (Å²) in [7, 11) is 0. The van der Waals surface area contributed by atoms with E-state index >= 15 is 0 Å². The first kappa shape index (κ1) is 13.4. The number of benzene rings is 1. The molecule has 0 aliphatic rings. The summed E-state index contributed by atoms with van der Waals surface area (Å²) in [6.07, 6.45) is 0. The Labute approximate surface area is 117 Å². The van der Waals surface area contributed by atoms with Gasteiger partial charge in [-0.1, -0.05) is 41.0 Å². The van der Waals surface area contributed by atoms with Gasteiger partial charge in [0.25, 0.3) is 0 Å². The zero-order valence-corrected chi connectivity index (χ0v) is 11.3. The van der Waals surface area contributed by atoms with Crippen LogP contribution in [0, 0.1) is 5.82 Å². The third-order valence-electron chi connectivity index (χ3n) is 2.04. The molecule has 1 aromatic carbocycles. The Hall–Kier alpha value is -1.01. The number of nitrogens with two attached hydrogens (primary N) is 1. The van der Waals surface area contributed by atoms with E-state index in [0.29, 0.717) is 25.8 Å². The summed E-state index contributed by atoms with van der Waals surface area (Å²) in [5.74, 6) is 5.28. The number of nitrogen functional groups attached to an aromatic ring is 1. The Morgan fingerprint density at radius 3 is 2.67 bits per heavy atom. The summed E-state index contributed by atoms with van der Waals surface area (Å²) in [5.41, 5.74) is 2.37. The van der Waals surface area contributed by atoms with Gasteiger partial charge in [-0.05, 0) is 24.3 Å². The normalized spacial score (nSPS) is 10.4. The first-order chi connectivity index (χ1) is 8.60. The van der Waals surface area contributed by atoms with Crippen molar-refractivity contribution in [3.05, 3.63) is 46.2 Å². The van der Waals surface area contributed by atoms with Gasteiger partial charge in [-0.2, -0.15) is 0 Å². The summed E-state index contributed by atoms with van der Waals surface area (Å²) in [4.78, 5) is 4.85. The van der Waals surface area contributed by atoms with Crippen molar-refractivity contribution < 1.29 is 4.39 Å². The third-order valence-corrected chi connectivity index (χ3v) is 3.73. The van der Waals surface area contributed by atoms with Crippen LogP contribution < -0.4 is 11.3 Å². The van der Waals surface area contributed by atoms with Gasteiger partial charge in [0.15, 0.2) is 5.82 Å². The third kappa shape index (κ3) is 3.05. The lowest BCUT2D eigenvalue weighted by Crippen LogP contribution is -2.09. The van der Waals surface area contributed by atoms with Crippen LogP contribution in [0.4, 0.5) is 10.2 Å². The molecule has 3 nitrogen and oxygen atoms in total. The van der Waals surface area contributed by atoms with Crippen LogP contribution >= 0.6 is 35.0 Å². The van der Waals surface area contributed by atoms with Crippen molar-refractivity contribution in [3.8, 4) is 0 Å². The fourth-order valence-corrected chi connectivity index (χ4v) is 2.63. The number of hydrogen-bond donors (Lipinski definition) is 2. The minimum Gasteiger partial charge on any atom is -0.307 e. The average Bonchev–Trinajstić information content (AvgIpc) is 2.33. The second-order valence-electron chi connectivity index (χ2n) is 3.31. The quantitative estimate of drug-likeness (QED) is 0.665. The Balaban J connectivity index is 2.34. The maximum atomic E-state index is 13.1. The lowest BCUT2D eigenvalue weighted by Gasteiger charge is -2.08. The van der Waals surface area contributed by atoms with E-state index in [1.54, 1.807) is 12.1 Å². The lowest BCUT2D eigenvalue weighted by molar-refractivity contribution is 0.624. The van der Waals surface area contributed by atoms with Crippen LogP contribution in [0.25, 0.3) is 0 Å². The molecule has 7 heteroatoms. The average molecular weight is 304 g/mol. The number of rotatable bonds is 3. The van der Waals surface area contributed by atoms with Crippen LogP contribution in [-0.4, -0.2) is 4.98 Å². The van der Waals surface area contributed by atoms with Crippen LogP contribution in [0.3, 0.4) is 0 Å². The molecule has 0 saturated carbocycles. The van der Waals surface area contributed by atoms with E-state index in [1.807, 2.05) is 0 Å². The number of nitrogens with one attached hydrogen (secondary N) is 1. The predicted molar refractivity (Wildman–Crippen MR) is 72.6 cm³/mol. The van der Waals surface area contributed by atoms with Gasteiger partial charge in [-0.15, -0.1) is 0 Å². The fourth-order valence-electron chi connectivity index (χ4n) is 1.26. The predicted octanol–water partition coefficient (Wildman–Crippen LogP) is 3.96. The molecule has 0 bridgehead atoms. The van der Waals surface area contributed by atoms with Crippen molar-refractivity contribution >= 4 is 40.8 Å². The summed E-state index contributed by atoms with van der Waals surface area (Å²) >= 11 is 13.1. The van der Waals surface area contributed by atoms with E-state index in [9.17, 15) is 4.39 Å². The summed E-state index contributed by atoms with van der Waals surface area (Å²) in [5, 5.41) is 1.21. The minimum absolute atomic E-state index is 0.317. The summed E-state index contributed by atoms with van der Waals surface area (Å²) < 4.78 is 13.1. The van der Waals surface area contributed by atoms with Crippen LogP contribution in [0.2, 0.25) is 10.0 Å². The maximum Gasteiger partial charge on any atom is 0.160 e. The van der Waals surface area contributed by atoms with Gasteiger partial charge >= 0.3 is 0 Å². The highest BCUT2D eigenvalue weighted by Crippen LogP contribution is 2.35. The van der Waals surface area contributed by atoms with Gasteiger partial charge in [0.1, 0.15) is 10.8 Å². The van der Waals surface area contributed by atoms with E-state index in [1.165, 1.54) is 30.0 Å². The standard InChI is InChI=1S/C11H8Cl2FN3S/c12-8-5-9(13)11(16-10(8)17-15)18-7-3-1-2-6(14)4-7/h1-5H,15H2,(H,16,17). The van der Waals surface area contributed by atoms with Crippen molar-refractivity contribution in [2.75, 3.05) is 5.43 Å². The highest BCUT2D eigenvalue weighted by atomic mass is 35.5. The molecule has 0 aliphatic carbocycles. The molecule has 0 saturated heterocycles. The number of nitrogens with zero attached hydrogens (tertiary/aromatic N) is 1. The van der Waals surface area contributed by atoms with Crippen LogP contribution in [0.1, 0.15) is 0 Å². The summed E-state index contributed by atoms with van der Waals surface area (Å²) in [6, 6.07) is 7.67. The molecule has 0 aliphatic heterocycles. The van der Waals surface area contributed by atoms with E-state index in [2.05, 4.69) is 10.4 Å². The molecule has 0 radical (unpaired) electrons. The molecule has 0 fully saturated rings. The molecule has 0 spiro atoms. The van der Waals surface area contributed by atoms with E-state index in [-0.39, 0.29) is 5.82 Å². The number of pyridine rings is 1. The van der Waals surface area contributed by atoms with E-state index < -0.39 is 0 Å². The molecule has 2 rings (SSSR count). The number of aromatic nitrogens is 1. The van der Waals surface area contributed by atoms with Crippen molar-refractivity contribution in [1.29, 1.82) is 0 Å². The summed E-state index contributed by atoms with van der Waals surface area (Å²) in [6.45, 7) is 0. The molecule has 0 unspecified atom stereocenters. The molecule has 94 valence electrons. The second kappa shape index (κ2) is 5.75. The van der Waals surface area contributed by atoms with Crippen molar-refractivity contribution in [2.24, 2.45) is 5.84 Å². The van der Waals surface area contributed by atoms with Crippen molar-refractivity contribution in [2.45, 2.75) is 9.92 Å². The van der Waals surface area contributed by atoms with Crippen LogP contribution in [-0.2, 0) is 0 Å². The molecular weight excluding hydrogens is 296 g/mol. The SMILES string of the molecule is NNc1nc(Sc2cccc(F)c2)c(Cl)cc1Cl. The Kier molecular flexibility index (Phi) is 4.29.